The number of nitrogen functional groups attached to an aromatic ring is 1. The lowest BCUT2D eigenvalue weighted by Gasteiger charge is -2.23. The lowest BCUT2D eigenvalue weighted by molar-refractivity contribution is 0.509. The van der Waals surface area contributed by atoms with Crippen LogP contribution in [-0.2, 0) is 15.4 Å². The van der Waals surface area contributed by atoms with Crippen LogP contribution in [0.1, 0.15) is 18.7 Å². The second kappa shape index (κ2) is 5.55. The average Bonchev–Trinajstić information content (AvgIpc) is 2.92. The van der Waals surface area contributed by atoms with Crippen molar-refractivity contribution in [3.8, 4) is 0 Å². The molecule has 1 aromatic heterocycles. The van der Waals surface area contributed by atoms with Gasteiger partial charge in [0.1, 0.15) is 4.90 Å². The van der Waals surface area contributed by atoms with Crippen LogP contribution in [0.2, 0.25) is 0 Å². The molecule has 0 atom stereocenters. The maximum Gasteiger partial charge on any atom is 0.242 e. The third kappa shape index (κ3) is 3.20. The summed E-state index contributed by atoms with van der Waals surface area (Å²) >= 11 is 1.62. The largest absolute Gasteiger partial charge is 0.398 e. The van der Waals surface area contributed by atoms with Gasteiger partial charge in [0.15, 0.2) is 0 Å². The molecule has 0 amide bonds. The van der Waals surface area contributed by atoms with Gasteiger partial charge in [-0.25, -0.2) is 13.1 Å². The smallest absolute Gasteiger partial charge is 0.242 e. The number of hydrogen-bond acceptors (Lipinski definition) is 4. The van der Waals surface area contributed by atoms with Gasteiger partial charge in [0.25, 0.3) is 0 Å². The van der Waals surface area contributed by atoms with Gasteiger partial charge in [0.2, 0.25) is 10.0 Å². The lowest BCUT2D eigenvalue weighted by Crippen LogP contribution is -2.36. The molecular formula is C14H18N2O2S2. The molecule has 1 aromatic carbocycles. The summed E-state index contributed by atoms with van der Waals surface area (Å²) < 4.78 is 27.2. The van der Waals surface area contributed by atoms with E-state index in [1.807, 2.05) is 31.4 Å². The zero-order chi connectivity index (χ0) is 14.8. The van der Waals surface area contributed by atoms with Crippen LogP contribution in [0.5, 0.6) is 0 Å². The van der Waals surface area contributed by atoms with E-state index in [2.05, 4.69) is 4.72 Å². The molecule has 0 aliphatic carbocycles. The van der Waals surface area contributed by atoms with Gasteiger partial charge >= 0.3 is 0 Å². The molecule has 0 radical (unpaired) electrons. The van der Waals surface area contributed by atoms with Crippen molar-refractivity contribution in [3.63, 3.8) is 0 Å². The number of para-hydroxylation sites is 1. The Hall–Kier alpha value is -1.37. The minimum absolute atomic E-state index is 0.127. The molecule has 0 saturated carbocycles. The predicted octanol–water partition coefficient (Wildman–Crippen LogP) is 2.59. The van der Waals surface area contributed by atoms with E-state index in [-0.39, 0.29) is 16.0 Å². The molecule has 3 N–H and O–H groups in total. The second-order valence-corrected chi connectivity index (χ2v) is 7.91. The summed E-state index contributed by atoms with van der Waals surface area (Å²) in [5.74, 6) is 0. The quantitative estimate of drug-likeness (QED) is 0.834. The minimum Gasteiger partial charge on any atom is -0.398 e. The van der Waals surface area contributed by atoms with E-state index in [9.17, 15) is 8.42 Å². The van der Waals surface area contributed by atoms with Crippen molar-refractivity contribution in [1.82, 2.24) is 4.72 Å². The van der Waals surface area contributed by atoms with Gasteiger partial charge in [-0.05, 0) is 23.6 Å². The Morgan fingerprint density at radius 2 is 1.90 bits per heavy atom. The fourth-order valence-electron chi connectivity index (χ4n) is 1.83. The van der Waals surface area contributed by atoms with Crippen molar-refractivity contribution in [2.45, 2.75) is 24.2 Å². The first-order valence-electron chi connectivity index (χ1n) is 6.21. The summed E-state index contributed by atoms with van der Waals surface area (Å²) in [7, 11) is -3.59. The molecule has 20 heavy (non-hydrogen) atoms. The molecule has 4 nitrogen and oxygen atoms in total. The van der Waals surface area contributed by atoms with Crippen LogP contribution in [0.25, 0.3) is 0 Å². The highest BCUT2D eigenvalue weighted by Crippen LogP contribution is 2.27. The highest BCUT2D eigenvalue weighted by atomic mass is 32.2. The van der Waals surface area contributed by atoms with Crippen LogP contribution in [-0.4, -0.2) is 15.0 Å². The van der Waals surface area contributed by atoms with Gasteiger partial charge in [-0.3, -0.25) is 0 Å². The highest BCUT2D eigenvalue weighted by molar-refractivity contribution is 7.89. The molecule has 0 aliphatic rings. The van der Waals surface area contributed by atoms with Gasteiger partial charge in [0, 0.05) is 16.8 Å². The van der Waals surface area contributed by atoms with E-state index in [1.54, 1.807) is 29.5 Å². The Labute approximate surface area is 123 Å². The van der Waals surface area contributed by atoms with E-state index in [0.717, 1.165) is 4.88 Å². The van der Waals surface area contributed by atoms with Crippen LogP contribution in [0.3, 0.4) is 0 Å². The zero-order valence-corrected chi connectivity index (χ0v) is 13.1. The number of rotatable bonds is 5. The van der Waals surface area contributed by atoms with Gasteiger partial charge in [-0.2, -0.15) is 0 Å². The Balaban J connectivity index is 2.17. The molecule has 1 heterocycles. The van der Waals surface area contributed by atoms with E-state index in [4.69, 9.17) is 5.73 Å². The third-order valence-corrected chi connectivity index (χ3v) is 5.81. The number of benzene rings is 1. The van der Waals surface area contributed by atoms with E-state index >= 15 is 0 Å². The average molecular weight is 310 g/mol. The van der Waals surface area contributed by atoms with E-state index in [1.165, 1.54) is 6.07 Å². The lowest BCUT2D eigenvalue weighted by atomic mass is 9.92. The van der Waals surface area contributed by atoms with Crippen molar-refractivity contribution >= 4 is 27.0 Å². The first-order valence-corrected chi connectivity index (χ1v) is 8.57. The summed E-state index contributed by atoms with van der Waals surface area (Å²) in [6.45, 7) is 4.34. The molecule has 0 unspecified atom stereocenters. The van der Waals surface area contributed by atoms with Crippen molar-refractivity contribution < 1.29 is 8.42 Å². The Kier molecular flexibility index (Phi) is 4.17. The number of hydrogen-bond donors (Lipinski definition) is 2. The molecule has 0 bridgehead atoms. The standard InChI is InChI=1S/C14H18N2O2S2/c1-14(2,13-8-5-9-19-13)10-16-20(17,18)12-7-4-3-6-11(12)15/h3-9,16H,10,15H2,1-2H3. The zero-order valence-electron chi connectivity index (χ0n) is 11.5. The summed E-state index contributed by atoms with van der Waals surface area (Å²) in [5.41, 5.74) is 5.72. The number of thiophene rings is 1. The van der Waals surface area contributed by atoms with Gasteiger partial charge < -0.3 is 5.73 Å². The van der Waals surface area contributed by atoms with Crippen LogP contribution in [0.15, 0.2) is 46.7 Å². The van der Waals surface area contributed by atoms with Crippen molar-refractivity contribution in [2.24, 2.45) is 0 Å². The van der Waals surface area contributed by atoms with Crippen LogP contribution in [0.4, 0.5) is 5.69 Å². The minimum atomic E-state index is -3.59. The normalized spacial score (nSPS) is 12.5. The number of sulfonamides is 1. The molecule has 0 spiro atoms. The van der Waals surface area contributed by atoms with Crippen molar-refractivity contribution in [2.75, 3.05) is 12.3 Å². The number of nitrogens with one attached hydrogen (secondary N) is 1. The third-order valence-electron chi connectivity index (χ3n) is 3.10. The molecule has 0 aliphatic heterocycles. The predicted molar refractivity (Wildman–Crippen MR) is 83.4 cm³/mol. The molecule has 0 saturated heterocycles. The molecule has 2 aromatic rings. The number of nitrogens with two attached hydrogens (primary N) is 1. The highest BCUT2D eigenvalue weighted by Gasteiger charge is 2.25. The molecular weight excluding hydrogens is 292 g/mol. The first-order chi connectivity index (χ1) is 9.33. The van der Waals surface area contributed by atoms with Gasteiger partial charge in [-0.1, -0.05) is 32.0 Å². The van der Waals surface area contributed by atoms with Gasteiger partial charge in [-0.15, -0.1) is 11.3 Å². The van der Waals surface area contributed by atoms with Crippen molar-refractivity contribution in [3.05, 3.63) is 46.7 Å². The first kappa shape index (κ1) is 15.0. The summed E-state index contributed by atoms with van der Waals surface area (Å²) in [6.07, 6.45) is 0. The second-order valence-electron chi connectivity index (χ2n) is 5.22. The van der Waals surface area contributed by atoms with Crippen LogP contribution >= 0.6 is 11.3 Å². The topological polar surface area (TPSA) is 72.2 Å². The summed E-state index contributed by atoms with van der Waals surface area (Å²) in [6, 6.07) is 10.4. The molecule has 108 valence electrons. The molecule has 6 heteroatoms. The maximum atomic E-state index is 12.3. The van der Waals surface area contributed by atoms with Crippen molar-refractivity contribution in [1.29, 1.82) is 0 Å². The fraction of sp³-hybridized carbons (Fsp3) is 0.286. The van der Waals surface area contributed by atoms with Gasteiger partial charge in [0.05, 0.1) is 5.69 Å². The Morgan fingerprint density at radius 1 is 1.20 bits per heavy atom. The summed E-state index contributed by atoms with van der Waals surface area (Å²) in [5, 5.41) is 1.99. The SMILES string of the molecule is CC(C)(CNS(=O)(=O)c1ccccc1N)c1cccs1. The Morgan fingerprint density at radius 3 is 2.50 bits per heavy atom. The fourth-order valence-corrected chi connectivity index (χ4v) is 4.02. The molecule has 2 rings (SSSR count). The van der Waals surface area contributed by atoms with E-state index < -0.39 is 10.0 Å². The molecule has 0 fully saturated rings. The van der Waals surface area contributed by atoms with Crippen LogP contribution < -0.4 is 10.5 Å². The Bertz CT molecular complexity index is 677. The van der Waals surface area contributed by atoms with E-state index in [0.29, 0.717) is 6.54 Å². The monoisotopic (exact) mass is 310 g/mol. The van der Waals surface area contributed by atoms with Crippen LogP contribution in [0, 0.1) is 0 Å². The number of anilines is 1. The maximum absolute atomic E-state index is 12.3. The summed E-state index contributed by atoms with van der Waals surface area (Å²) in [4.78, 5) is 1.27.